The van der Waals surface area contributed by atoms with Crippen LogP contribution in [0.1, 0.15) is 22.8 Å². The molecule has 0 fully saturated rings. The molecule has 1 aromatic carbocycles. The second-order valence-electron chi connectivity index (χ2n) is 3.93. The van der Waals surface area contributed by atoms with Gasteiger partial charge in [-0.25, -0.2) is 4.39 Å². The monoisotopic (exact) mass is 225 g/mol. The summed E-state index contributed by atoms with van der Waals surface area (Å²) >= 11 is 0. The van der Waals surface area contributed by atoms with Gasteiger partial charge in [-0.15, -0.1) is 0 Å². The Bertz CT molecular complexity index is 379. The first kappa shape index (κ1) is 12.6. The number of aliphatic hydroxyl groups excluding tert-OH is 1. The minimum Gasteiger partial charge on any atom is -0.396 e. The van der Waals surface area contributed by atoms with Crippen LogP contribution in [0.5, 0.6) is 0 Å². The third-order valence-electron chi connectivity index (χ3n) is 2.36. The van der Waals surface area contributed by atoms with Crippen LogP contribution in [0, 0.1) is 18.7 Å². The quantitative estimate of drug-likeness (QED) is 0.815. The van der Waals surface area contributed by atoms with Crippen molar-refractivity contribution in [1.29, 1.82) is 0 Å². The minimum atomic E-state index is -0.489. The average Bonchev–Trinajstić information content (AvgIpc) is 2.29. The largest absolute Gasteiger partial charge is 0.396 e. The van der Waals surface area contributed by atoms with Crippen LogP contribution in [0.4, 0.5) is 4.39 Å². The summed E-state index contributed by atoms with van der Waals surface area (Å²) in [6.07, 6.45) is 0. The van der Waals surface area contributed by atoms with Crippen molar-refractivity contribution in [2.24, 2.45) is 5.92 Å². The molecule has 2 N–H and O–H groups in total. The van der Waals surface area contributed by atoms with E-state index in [9.17, 15) is 9.18 Å². The van der Waals surface area contributed by atoms with Crippen LogP contribution < -0.4 is 5.32 Å². The summed E-state index contributed by atoms with van der Waals surface area (Å²) in [7, 11) is 0. The van der Waals surface area contributed by atoms with Crippen molar-refractivity contribution < 1.29 is 14.3 Å². The highest BCUT2D eigenvalue weighted by Crippen LogP contribution is 2.11. The summed E-state index contributed by atoms with van der Waals surface area (Å²) in [6, 6.07) is 4.70. The number of hydrogen-bond acceptors (Lipinski definition) is 2. The Hall–Kier alpha value is -1.42. The predicted octanol–water partition coefficient (Wildman–Crippen LogP) is 1.49. The Morgan fingerprint density at radius 3 is 2.88 bits per heavy atom. The third kappa shape index (κ3) is 3.03. The molecule has 0 radical (unpaired) electrons. The second-order valence-corrected chi connectivity index (χ2v) is 3.93. The standard InChI is InChI=1S/C12H16FNO2/c1-8(7-15)6-14-12(16)10-5-3-4-9(2)11(10)13/h3-5,8,15H,6-7H2,1-2H3,(H,14,16). The van der Waals surface area contributed by atoms with Crippen molar-refractivity contribution in [2.75, 3.05) is 13.2 Å². The maximum Gasteiger partial charge on any atom is 0.254 e. The lowest BCUT2D eigenvalue weighted by Crippen LogP contribution is -2.30. The number of carbonyl (C=O) groups is 1. The molecule has 88 valence electrons. The lowest BCUT2D eigenvalue weighted by molar-refractivity contribution is 0.0938. The second kappa shape index (κ2) is 5.61. The van der Waals surface area contributed by atoms with E-state index in [1.54, 1.807) is 26.0 Å². The molecule has 1 unspecified atom stereocenters. The summed E-state index contributed by atoms with van der Waals surface area (Å²) in [6.45, 7) is 3.74. The van der Waals surface area contributed by atoms with Gasteiger partial charge in [0.1, 0.15) is 5.82 Å². The Kier molecular flexibility index (Phi) is 4.43. The fourth-order valence-corrected chi connectivity index (χ4v) is 1.25. The van der Waals surface area contributed by atoms with E-state index in [0.29, 0.717) is 12.1 Å². The average molecular weight is 225 g/mol. The van der Waals surface area contributed by atoms with E-state index in [4.69, 9.17) is 5.11 Å². The lowest BCUT2D eigenvalue weighted by Gasteiger charge is -2.10. The molecule has 0 aliphatic rings. The summed E-state index contributed by atoms with van der Waals surface area (Å²) in [5, 5.41) is 11.4. The molecule has 1 rings (SSSR count). The maximum atomic E-state index is 13.5. The van der Waals surface area contributed by atoms with Gasteiger partial charge in [0.05, 0.1) is 5.56 Å². The van der Waals surface area contributed by atoms with Gasteiger partial charge in [-0.05, 0) is 24.5 Å². The molecule has 0 saturated heterocycles. The van der Waals surface area contributed by atoms with Gasteiger partial charge in [-0.1, -0.05) is 19.1 Å². The van der Waals surface area contributed by atoms with E-state index >= 15 is 0 Å². The molecule has 16 heavy (non-hydrogen) atoms. The van der Waals surface area contributed by atoms with Gasteiger partial charge >= 0.3 is 0 Å². The first-order valence-corrected chi connectivity index (χ1v) is 5.20. The summed E-state index contributed by atoms with van der Waals surface area (Å²) in [4.78, 5) is 11.6. The molecule has 1 amide bonds. The van der Waals surface area contributed by atoms with Gasteiger partial charge in [0, 0.05) is 13.2 Å². The van der Waals surface area contributed by atoms with E-state index in [1.807, 2.05) is 0 Å². The van der Waals surface area contributed by atoms with E-state index < -0.39 is 11.7 Å². The number of nitrogens with one attached hydrogen (secondary N) is 1. The predicted molar refractivity (Wildman–Crippen MR) is 59.7 cm³/mol. The van der Waals surface area contributed by atoms with Crippen LogP contribution in [-0.2, 0) is 0 Å². The van der Waals surface area contributed by atoms with Gasteiger partial charge in [-0.2, -0.15) is 0 Å². The molecule has 0 spiro atoms. The minimum absolute atomic E-state index is 0.00339. The maximum absolute atomic E-state index is 13.5. The SMILES string of the molecule is Cc1cccc(C(=O)NCC(C)CO)c1F. The smallest absolute Gasteiger partial charge is 0.254 e. The van der Waals surface area contributed by atoms with E-state index in [2.05, 4.69) is 5.32 Å². The highest BCUT2D eigenvalue weighted by molar-refractivity contribution is 5.94. The number of aryl methyl sites for hydroxylation is 1. The first-order valence-electron chi connectivity index (χ1n) is 5.20. The number of rotatable bonds is 4. The molecule has 0 aliphatic carbocycles. The number of halogens is 1. The third-order valence-corrected chi connectivity index (χ3v) is 2.36. The molecule has 1 aromatic rings. The highest BCUT2D eigenvalue weighted by atomic mass is 19.1. The molecular weight excluding hydrogens is 209 g/mol. The fourth-order valence-electron chi connectivity index (χ4n) is 1.25. The number of aliphatic hydroxyl groups is 1. The zero-order chi connectivity index (χ0) is 12.1. The Balaban J connectivity index is 2.70. The van der Waals surface area contributed by atoms with E-state index in [1.165, 1.54) is 6.07 Å². The molecular formula is C12H16FNO2. The highest BCUT2D eigenvalue weighted by Gasteiger charge is 2.13. The van der Waals surface area contributed by atoms with Crippen molar-refractivity contribution in [3.8, 4) is 0 Å². The molecule has 0 aliphatic heterocycles. The van der Waals surface area contributed by atoms with Crippen LogP contribution in [0.25, 0.3) is 0 Å². The zero-order valence-electron chi connectivity index (χ0n) is 9.46. The zero-order valence-corrected chi connectivity index (χ0v) is 9.46. The molecule has 0 bridgehead atoms. The fraction of sp³-hybridized carbons (Fsp3) is 0.417. The number of benzene rings is 1. The van der Waals surface area contributed by atoms with Crippen molar-refractivity contribution in [2.45, 2.75) is 13.8 Å². The Labute approximate surface area is 94.3 Å². The normalized spacial score (nSPS) is 12.2. The molecule has 0 saturated carbocycles. The van der Waals surface area contributed by atoms with E-state index in [0.717, 1.165) is 0 Å². The lowest BCUT2D eigenvalue weighted by atomic mass is 10.1. The summed E-state index contributed by atoms with van der Waals surface area (Å²) in [5.74, 6) is -0.963. The first-order chi connectivity index (χ1) is 7.56. The Morgan fingerprint density at radius 1 is 1.56 bits per heavy atom. The Morgan fingerprint density at radius 2 is 2.25 bits per heavy atom. The van der Waals surface area contributed by atoms with Gasteiger partial charge in [0.2, 0.25) is 0 Å². The molecule has 3 nitrogen and oxygen atoms in total. The molecule has 0 heterocycles. The summed E-state index contributed by atoms with van der Waals surface area (Å²) in [5.41, 5.74) is 0.494. The summed E-state index contributed by atoms with van der Waals surface area (Å²) < 4.78 is 13.5. The van der Waals surface area contributed by atoms with Crippen LogP contribution in [-0.4, -0.2) is 24.2 Å². The topological polar surface area (TPSA) is 49.3 Å². The van der Waals surface area contributed by atoms with Gasteiger partial charge in [0.15, 0.2) is 0 Å². The van der Waals surface area contributed by atoms with Crippen molar-refractivity contribution in [3.63, 3.8) is 0 Å². The van der Waals surface area contributed by atoms with Gasteiger partial charge < -0.3 is 10.4 Å². The van der Waals surface area contributed by atoms with Crippen LogP contribution >= 0.6 is 0 Å². The van der Waals surface area contributed by atoms with Crippen LogP contribution in [0.15, 0.2) is 18.2 Å². The van der Waals surface area contributed by atoms with E-state index in [-0.39, 0.29) is 18.1 Å². The number of hydrogen-bond donors (Lipinski definition) is 2. The number of amides is 1. The molecule has 4 heteroatoms. The van der Waals surface area contributed by atoms with Crippen molar-refractivity contribution in [1.82, 2.24) is 5.32 Å². The van der Waals surface area contributed by atoms with Crippen molar-refractivity contribution in [3.05, 3.63) is 35.1 Å². The van der Waals surface area contributed by atoms with Gasteiger partial charge in [0.25, 0.3) is 5.91 Å². The van der Waals surface area contributed by atoms with Crippen LogP contribution in [0.2, 0.25) is 0 Å². The van der Waals surface area contributed by atoms with Crippen LogP contribution in [0.3, 0.4) is 0 Å². The number of carbonyl (C=O) groups excluding carboxylic acids is 1. The molecule has 0 aromatic heterocycles. The molecule has 1 atom stereocenters. The van der Waals surface area contributed by atoms with Crippen molar-refractivity contribution >= 4 is 5.91 Å². The van der Waals surface area contributed by atoms with Gasteiger partial charge in [-0.3, -0.25) is 4.79 Å².